The van der Waals surface area contributed by atoms with E-state index in [1.165, 1.54) is 35.6 Å². The number of halogens is 5. The van der Waals surface area contributed by atoms with E-state index < -0.39 is 12.4 Å². The molecule has 2 aromatic rings. The van der Waals surface area contributed by atoms with Crippen LogP contribution in [0.4, 0.5) is 13.2 Å². The van der Waals surface area contributed by atoms with Crippen molar-refractivity contribution >= 4 is 43.2 Å². The normalized spacial score (nSPS) is 13.3. The van der Waals surface area contributed by atoms with Crippen molar-refractivity contribution in [2.24, 2.45) is 5.73 Å². The van der Waals surface area contributed by atoms with Gasteiger partial charge in [0, 0.05) is 9.35 Å². The van der Waals surface area contributed by atoms with Gasteiger partial charge in [-0.3, -0.25) is 0 Å². The minimum atomic E-state index is -4.69. The van der Waals surface area contributed by atoms with Crippen LogP contribution in [-0.4, -0.2) is 6.36 Å². The maximum atomic E-state index is 12.1. The topological polar surface area (TPSA) is 35.2 Å². The molecule has 20 heavy (non-hydrogen) atoms. The Morgan fingerprint density at radius 3 is 2.20 bits per heavy atom. The Morgan fingerprint density at radius 1 is 1.15 bits per heavy atom. The number of ether oxygens (including phenoxy) is 1. The van der Waals surface area contributed by atoms with Crippen molar-refractivity contribution in [3.8, 4) is 5.75 Å². The molecule has 1 aromatic heterocycles. The molecule has 0 radical (unpaired) electrons. The number of nitrogens with two attached hydrogens (primary N) is 1. The van der Waals surface area contributed by atoms with Crippen LogP contribution in [-0.2, 0) is 0 Å². The van der Waals surface area contributed by atoms with Gasteiger partial charge < -0.3 is 10.5 Å². The largest absolute Gasteiger partial charge is 0.573 e. The first kappa shape index (κ1) is 15.8. The molecule has 1 atom stereocenters. The molecule has 0 unspecified atom stereocenters. The highest BCUT2D eigenvalue weighted by Gasteiger charge is 2.31. The highest BCUT2D eigenvalue weighted by molar-refractivity contribution is 9.13. The van der Waals surface area contributed by atoms with Crippen molar-refractivity contribution in [3.63, 3.8) is 0 Å². The predicted octanol–water partition coefficient (Wildman–Crippen LogP) is 5.22. The maximum Gasteiger partial charge on any atom is 0.573 e. The molecule has 0 aliphatic heterocycles. The summed E-state index contributed by atoms with van der Waals surface area (Å²) in [5.74, 6) is -0.262. The Balaban J connectivity index is 2.17. The first-order valence-corrected chi connectivity index (χ1v) is 7.72. The van der Waals surface area contributed by atoms with E-state index >= 15 is 0 Å². The van der Waals surface area contributed by atoms with Gasteiger partial charge in [-0.05, 0) is 55.6 Å². The van der Waals surface area contributed by atoms with Gasteiger partial charge >= 0.3 is 6.36 Å². The van der Waals surface area contributed by atoms with Crippen molar-refractivity contribution in [2.45, 2.75) is 12.4 Å². The van der Waals surface area contributed by atoms with E-state index in [0.717, 1.165) is 13.1 Å². The molecule has 0 spiro atoms. The van der Waals surface area contributed by atoms with Gasteiger partial charge in [0.1, 0.15) is 5.75 Å². The lowest BCUT2D eigenvalue weighted by atomic mass is 10.1. The molecule has 8 heteroatoms. The van der Waals surface area contributed by atoms with E-state index in [0.29, 0.717) is 5.56 Å². The zero-order valence-corrected chi connectivity index (χ0v) is 13.7. The number of rotatable bonds is 3. The molecule has 2 nitrogen and oxygen atoms in total. The summed E-state index contributed by atoms with van der Waals surface area (Å²) >= 11 is 8.20. The Bertz CT molecular complexity index is 578. The van der Waals surface area contributed by atoms with Crippen molar-refractivity contribution in [1.82, 2.24) is 0 Å². The van der Waals surface area contributed by atoms with Crippen molar-refractivity contribution in [2.75, 3.05) is 0 Å². The second-order valence-electron chi connectivity index (χ2n) is 3.86. The zero-order valence-electron chi connectivity index (χ0n) is 9.75. The Kier molecular flexibility index (Phi) is 4.78. The van der Waals surface area contributed by atoms with Crippen LogP contribution >= 0.6 is 43.2 Å². The van der Waals surface area contributed by atoms with Crippen LogP contribution in [0, 0.1) is 0 Å². The molecule has 0 aliphatic rings. The summed E-state index contributed by atoms with van der Waals surface area (Å²) < 4.78 is 41.8. The average molecular weight is 431 g/mol. The Labute approximate surface area is 134 Å². The third-order valence-corrected chi connectivity index (χ3v) is 5.78. The van der Waals surface area contributed by atoms with Crippen LogP contribution in [0.2, 0.25) is 0 Å². The maximum absolute atomic E-state index is 12.1. The molecular formula is C12H8Br2F3NOS. The minimum Gasteiger partial charge on any atom is -0.406 e. The van der Waals surface area contributed by atoms with Crippen molar-refractivity contribution in [3.05, 3.63) is 49.0 Å². The zero-order chi connectivity index (χ0) is 14.9. The van der Waals surface area contributed by atoms with Gasteiger partial charge in [-0.15, -0.1) is 24.5 Å². The molecule has 0 aliphatic carbocycles. The van der Waals surface area contributed by atoms with E-state index in [1.807, 2.05) is 6.07 Å². The molecule has 2 N–H and O–H groups in total. The number of thiophene rings is 1. The van der Waals surface area contributed by atoms with E-state index in [9.17, 15) is 13.2 Å². The van der Waals surface area contributed by atoms with E-state index in [2.05, 4.69) is 36.6 Å². The summed E-state index contributed by atoms with van der Waals surface area (Å²) in [6, 6.07) is 7.02. The second kappa shape index (κ2) is 6.05. The molecule has 0 saturated heterocycles. The van der Waals surface area contributed by atoms with E-state index in [-0.39, 0.29) is 5.75 Å². The lowest BCUT2D eigenvalue weighted by molar-refractivity contribution is -0.274. The van der Waals surface area contributed by atoms with E-state index in [1.54, 1.807) is 0 Å². The first-order valence-electron chi connectivity index (χ1n) is 5.32. The van der Waals surface area contributed by atoms with Gasteiger partial charge in [0.2, 0.25) is 0 Å². The smallest absolute Gasteiger partial charge is 0.406 e. The summed E-state index contributed by atoms with van der Waals surface area (Å²) in [6.07, 6.45) is -4.69. The molecule has 0 bridgehead atoms. The Hall–Kier alpha value is -0.570. The summed E-state index contributed by atoms with van der Waals surface area (Å²) in [5, 5.41) is 0. The summed E-state index contributed by atoms with van der Waals surface area (Å²) in [4.78, 5) is 0.897. The SMILES string of the molecule is N[C@@H](c1ccc(OC(F)(F)F)cc1)c1cc(Br)c(Br)s1. The molecule has 1 heterocycles. The highest BCUT2D eigenvalue weighted by atomic mass is 79.9. The fraction of sp³-hybridized carbons (Fsp3) is 0.167. The van der Waals surface area contributed by atoms with Gasteiger partial charge in [0.25, 0.3) is 0 Å². The van der Waals surface area contributed by atoms with Crippen molar-refractivity contribution < 1.29 is 17.9 Å². The lowest BCUT2D eigenvalue weighted by Gasteiger charge is -2.12. The summed E-state index contributed by atoms with van der Waals surface area (Å²) in [7, 11) is 0. The fourth-order valence-corrected chi connectivity index (χ4v) is 3.68. The lowest BCUT2D eigenvalue weighted by Crippen LogP contribution is -2.17. The monoisotopic (exact) mass is 429 g/mol. The quantitative estimate of drug-likeness (QED) is 0.724. The van der Waals surface area contributed by atoms with Crippen LogP contribution in [0.15, 0.2) is 38.6 Å². The first-order chi connectivity index (χ1) is 9.26. The van der Waals surface area contributed by atoms with E-state index in [4.69, 9.17) is 5.73 Å². The van der Waals surface area contributed by atoms with Gasteiger partial charge in [-0.2, -0.15) is 0 Å². The Morgan fingerprint density at radius 2 is 1.75 bits per heavy atom. The highest BCUT2D eigenvalue weighted by Crippen LogP contribution is 2.37. The van der Waals surface area contributed by atoms with Gasteiger partial charge in [0.05, 0.1) is 9.83 Å². The molecule has 0 saturated carbocycles. The van der Waals surface area contributed by atoms with Crippen LogP contribution in [0.3, 0.4) is 0 Å². The number of alkyl halides is 3. The predicted molar refractivity (Wildman–Crippen MR) is 78.9 cm³/mol. The number of hydrogen-bond donors (Lipinski definition) is 1. The van der Waals surface area contributed by atoms with Crippen LogP contribution in [0.25, 0.3) is 0 Å². The summed E-state index contributed by atoms with van der Waals surface area (Å²) in [6.45, 7) is 0. The number of benzene rings is 1. The third kappa shape index (κ3) is 3.97. The standard InChI is InChI=1S/C12H8Br2F3NOS/c13-8-5-9(20-11(8)14)10(18)6-1-3-7(4-2-6)19-12(15,16)17/h1-5,10H,18H2/t10-/m0/s1. The molecule has 0 amide bonds. The molecule has 2 rings (SSSR count). The molecule has 0 fully saturated rings. The number of hydrogen-bond acceptors (Lipinski definition) is 3. The van der Waals surface area contributed by atoms with Gasteiger partial charge in [-0.1, -0.05) is 12.1 Å². The minimum absolute atomic E-state index is 0.262. The summed E-state index contributed by atoms with van der Waals surface area (Å²) in [5.41, 5.74) is 6.79. The fourth-order valence-electron chi connectivity index (χ4n) is 1.56. The third-order valence-electron chi connectivity index (χ3n) is 2.44. The second-order valence-corrected chi connectivity index (χ2v) is 7.12. The molecule has 1 aromatic carbocycles. The molecule has 108 valence electrons. The average Bonchev–Trinajstić information content (AvgIpc) is 2.68. The van der Waals surface area contributed by atoms with Crippen LogP contribution in [0.5, 0.6) is 5.75 Å². The van der Waals surface area contributed by atoms with Crippen LogP contribution < -0.4 is 10.5 Å². The molecular weight excluding hydrogens is 423 g/mol. The van der Waals surface area contributed by atoms with Gasteiger partial charge in [-0.25, -0.2) is 0 Å². The van der Waals surface area contributed by atoms with Crippen LogP contribution in [0.1, 0.15) is 16.5 Å². The van der Waals surface area contributed by atoms with Gasteiger partial charge in [0.15, 0.2) is 0 Å². The van der Waals surface area contributed by atoms with Crippen molar-refractivity contribution in [1.29, 1.82) is 0 Å².